The Labute approximate surface area is 147 Å². The second-order valence-electron chi connectivity index (χ2n) is 6.74. The van der Waals surface area contributed by atoms with E-state index in [2.05, 4.69) is 12.2 Å². The lowest BCUT2D eigenvalue weighted by atomic mass is 9.93. The van der Waals surface area contributed by atoms with E-state index in [4.69, 9.17) is 5.11 Å². The average Bonchev–Trinajstić information content (AvgIpc) is 2.55. The van der Waals surface area contributed by atoms with E-state index >= 15 is 0 Å². The van der Waals surface area contributed by atoms with Gasteiger partial charge >= 0.3 is 5.97 Å². The van der Waals surface area contributed by atoms with Crippen molar-refractivity contribution in [2.75, 3.05) is 7.05 Å². The summed E-state index contributed by atoms with van der Waals surface area (Å²) >= 11 is 0. The molecule has 0 aliphatic rings. The molecule has 0 spiro atoms. The van der Waals surface area contributed by atoms with E-state index < -0.39 is 5.97 Å². The molecular weight excluding hydrogens is 306 g/mol. The summed E-state index contributed by atoms with van der Waals surface area (Å²) in [5, 5.41) is 21.3. The molecule has 5 heteroatoms. The number of carboxylic acid groups (broad SMARTS) is 1. The predicted molar refractivity (Wildman–Crippen MR) is 96.9 cm³/mol. The van der Waals surface area contributed by atoms with Gasteiger partial charge in [0.1, 0.15) is 0 Å². The van der Waals surface area contributed by atoms with Crippen LogP contribution in [0.15, 0.2) is 0 Å². The molecule has 2 atom stereocenters. The maximum absolute atomic E-state index is 12.0. The van der Waals surface area contributed by atoms with Gasteiger partial charge in [-0.25, -0.2) is 0 Å². The number of aliphatic hydroxyl groups excluding tert-OH is 1. The smallest absolute Gasteiger partial charge is 0.303 e. The highest BCUT2D eigenvalue weighted by molar-refractivity contribution is 5.78. The van der Waals surface area contributed by atoms with Crippen LogP contribution >= 0.6 is 0 Å². The van der Waals surface area contributed by atoms with Crippen molar-refractivity contribution in [2.45, 2.75) is 96.5 Å². The van der Waals surface area contributed by atoms with Crippen LogP contribution in [0.25, 0.3) is 0 Å². The van der Waals surface area contributed by atoms with Crippen molar-refractivity contribution in [3.8, 4) is 0 Å². The van der Waals surface area contributed by atoms with Gasteiger partial charge in [-0.05, 0) is 32.1 Å². The molecule has 0 aromatic heterocycles. The van der Waals surface area contributed by atoms with Gasteiger partial charge in [-0.2, -0.15) is 0 Å². The molecule has 0 saturated heterocycles. The topological polar surface area (TPSA) is 86.6 Å². The number of unbranched alkanes of at least 4 members (excludes halogenated alkanes) is 5. The maximum Gasteiger partial charge on any atom is 0.303 e. The van der Waals surface area contributed by atoms with Gasteiger partial charge in [-0.3, -0.25) is 9.59 Å². The molecule has 5 nitrogen and oxygen atoms in total. The summed E-state index contributed by atoms with van der Waals surface area (Å²) in [7, 11) is 1.67. The molecule has 0 aliphatic carbocycles. The molecule has 0 bridgehead atoms. The first kappa shape index (κ1) is 22.9. The Morgan fingerprint density at radius 2 is 1.46 bits per heavy atom. The molecule has 2 unspecified atom stereocenters. The van der Waals surface area contributed by atoms with E-state index in [9.17, 15) is 14.7 Å². The van der Waals surface area contributed by atoms with Gasteiger partial charge in [-0.1, -0.05) is 51.9 Å². The molecule has 3 N–H and O–H groups in total. The molecule has 1 amide bonds. The van der Waals surface area contributed by atoms with Crippen LogP contribution in [0, 0.1) is 5.92 Å². The monoisotopic (exact) mass is 343 g/mol. The average molecular weight is 344 g/mol. The molecule has 0 aromatic rings. The number of hydrogen-bond acceptors (Lipinski definition) is 3. The lowest BCUT2D eigenvalue weighted by Gasteiger charge is -2.16. The van der Waals surface area contributed by atoms with Crippen molar-refractivity contribution in [3.05, 3.63) is 0 Å². The van der Waals surface area contributed by atoms with Gasteiger partial charge in [0.15, 0.2) is 0 Å². The van der Waals surface area contributed by atoms with Crippen LogP contribution in [0.3, 0.4) is 0 Å². The summed E-state index contributed by atoms with van der Waals surface area (Å²) in [4.78, 5) is 22.4. The molecule has 0 fully saturated rings. The van der Waals surface area contributed by atoms with Gasteiger partial charge in [0.25, 0.3) is 0 Å². The van der Waals surface area contributed by atoms with Crippen LogP contribution in [0.1, 0.15) is 90.4 Å². The van der Waals surface area contributed by atoms with Crippen molar-refractivity contribution in [2.24, 2.45) is 5.92 Å². The largest absolute Gasteiger partial charge is 0.481 e. The van der Waals surface area contributed by atoms with E-state index in [1.807, 2.05) is 0 Å². The number of aliphatic carboxylic acids is 1. The molecule has 0 rings (SSSR count). The zero-order chi connectivity index (χ0) is 18.2. The van der Waals surface area contributed by atoms with Crippen LogP contribution in [-0.4, -0.2) is 35.2 Å². The highest BCUT2D eigenvalue weighted by atomic mass is 16.4. The second-order valence-corrected chi connectivity index (χ2v) is 6.74. The molecule has 24 heavy (non-hydrogen) atoms. The maximum atomic E-state index is 12.0. The molecular formula is C19H37NO4. The fourth-order valence-electron chi connectivity index (χ4n) is 3.01. The van der Waals surface area contributed by atoms with Crippen LogP contribution in [0.2, 0.25) is 0 Å². The van der Waals surface area contributed by atoms with E-state index in [1.54, 1.807) is 7.05 Å². The van der Waals surface area contributed by atoms with Crippen molar-refractivity contribution in [1.82, 2.24) is 5.32 Å². The van der Waals surface area contributed by atoms with Crippen LogP contribution < -0.4 is 5.32 Å². The van der Waals surface area contributed by atoms with Gasteiger partial charge in [0, 0.05) is 19.4 Å². The van der Waals surface area contributed by atoms with E-state index in [0.717, 1.165) is 64.2 Å². The second kappa shape index (κ2) is 15.4. The number of amides is 1. The van der Waals surface area contributed by atoms with Crippen LogP contribution in [0.5, 0.6) is 0 Å². The standard InChI is InChI=1S/C19H37NO4/c1-3-4-7-13-17(21)14-10-12-16(19(24)20-2)11-8-5-6-9-15-18(22)23/h16-17,21H,3-15H2,1-2H3,(H,20,24)(H,22,23). The summed E-state index contributed by atoms with van der Waals surface area (Å²) in [6.45, 7) is 2.15. The van der Waals surface area contributed by atoms with Gasteiger partial charge < -0.3 is 15.5 Å². The SMILES string of the molecule is CCCCCC(O)CCCC(CCCCCCC(=O)O)C(=O)NC. The fraction of sp³-hybridized carbons (Fsp3) is 0.895. The third kappa shape index (κ3) is 13.3. The summed E-state index contributed by atoms with van der Waals surface area (Å²) in [6, 6.07) is 0. The summed E-state index contributed by atoms with van der Waals surface area (Å²) in [5.41, 5.74) is 0. The van der Waals surface area contributed by atoms with Crippen LogP contribution in [0.4, 0.5) is 0 Å². The van der Waals surface area contributed by atoms with Gasteiger partial charge in [-0.15, -0.1) is 0 Å². The van der Waals surface area contributed by atoms with Crippen molar-refractivity contribution < 1.29 is 19.8 Å². The number of rotatable bonds is 16. The molecule has 142 valence electrons. The molecule has 0 radical (unpaired) electrons. The summed E-state index contributed by atoms with van der Waals surface area (Å²) in [5.74, 6) is -0.644. The van der Waals surface area contributed by atoms with Gasteiger partial charge in [0.05, 0.1) is 6.10 Å². The Balaban J connectivity index is 3.89. The number of carbonyl (C=O) groups excluding carboxylic acids is 1. The van der Waals surface area contributed by atoms with Crippen molar-refractivity contribution in [3.63, 3.8) is 0 Å². The Morgan fingerprint density at radius 1 is 0.875 bits per heavy atom. The minimum atomic E-state index is -0.740. The number of carboxylic acids is 1. The zero-order valence-corrected chi connectivity index (χ0v) is 15.6. The summed E-state index contributed by atoms with van der Waals surface area (Å²) in [6.07, 6.45) is 11.1. The third-order valence-electron chi connectivity index (χ3n) is 4.54. The molecule has 0 heterocycles. The number of hydrogen-bond donors (Lipinski definition) is 3. The first-order valence-corrected chi connectivity index (χ1v) is 9.62. The first-order valence-electron chi connectivity index (χ1n) is 9.62. The fourth-order valence-corrected chi connectivity index (χ4v) is 3.01. The lowest BCUT2D eigenvalue weighted by Crippen LogP contribution is -2.27. The van der Waals surface area contributed by atoms with Crippen molar-refractivity contribution >= 4 is 11.9 Å². The van der Waals surface area contributed by atoms with E-state index in [1.165, 1.54) is 6.42 Å². The number of nitrogens with one attached hydrogen (secondary N) is 1. The molecule has 0 aliphatic heterocycles. The Kier molecular flexibility index (Phi) is 14.7. The van der Waals surface area contributed by atoms with Crippen molar-refractivity contribution in [1.29, 1.82) is 0 Å². The lowest BCUT2D eigenvalue weighted by molar-refractivity contribution is -0.137. The summed E-state index contributed by atoms with van der Waals surface area (Å²) < 4.78 is 0. The molecule has 0 aromatic carbocycles. The first-order chi connectivity index (χ1) is 11.5. The minimum absolute atomic E-state index is 0.0114. The quantitative estimate of drug-likeness (QED) is 0.371. The van der Waals surface area contributed by atoms with Crippen LogP contribution in [-0.2, 0) is 9.59 Å². The van der Waals surface area contributed by atoms with E-state index in [-0.39, 0.29) is 24.3 Å². The minimum Gasteiger partial charge on any atom is -0.481 e. The number of aliphatic hydroxyl groups is 1. The normalized spacial score (nSPS) is 13.5. The zero-order valence-electron chi connectivity index (χ0n) is 15.6. The number of carbonyl (C=O) groups is 2. The Morgan fingerprint density at radius 3 is 2.08 bits per heavy atom. The highest BCUT2D eigenvalue weighted by Gasteiger charge is 2.17. The van der Waals surface area contributed by atoms with E-state index in [0.29, 0.717) is 6.42 Å². The third-order valence-corrected chi connectivity index (χ3v) is 4.54. The van der Waals surface area contributed by atoms with Gasteiger partial charge in [0.2, 0.25) is 5.91 Å². The Bertz CT molecular complexity index is 333. The predicted octanol–water partition coefficient (Wildman–Crippen LogP) is 3.89. The Hall–Kier alpha value is -1.10. The highest BCUT2D eigenvalue weighted by Crippen LogP contribution is 2.19. The molecule has 0 saturated carbocycles.